The summed E-state index contributed by atoms with van der Waals surface area (Å²) in [6.07, 6.45) is 0. The molecule has 1 aliphatic heterocycles. The van der Waals surface area contributed by atoms with Gasteiger partial charge in [0.15, 0.2) is 11.5 Å². The minimum atomic E-state index is -0.785. The van der Waals surface area contributed by atoms with E-state index < -0.39 is 6.04 Å². The number of para-hydroxylation sites is 1. The molecular weight excluding hydrogens is 540 g/mol. The second-order valence-electron chi connectivity index (χ2n) is 10.00. The van der Waals surface area contributed by atoms with Crippen LogP contribution < -0.4 is 14.8 Å². The zero-order valence-corrected chi connectivity index (χ0v) is 23.4. The highest BCUT2D eigenvalue weighted by molar-refractivity contribution is 7.09. The van der Waals surface area contributed by atoms with Crippen molar-refractivity contribution in [1.29, 1.82) is 0 Å². The Labute approximate surface area is 240 Å². The van der Waals surface area contributed by atoms with Crippen LogP contribution in [-0.4, -0.2) is 49.5 Å². The maximum Gasteiger partial charge on any atom is 0.247 e. The maximum absolute atomic E-state index is 14.0. The van der Waals surface area contributed by atoms with E-state index in [1.807, 2.05) is 73.8 Å². The number of hydrogen-bond acceptors (Lipinski definition) is 8. The van der Waals surface area contributed by atoms with Crippen molar-refractivity contribution in [2.75, 3.05) is 12.1 Å². The molecule has 0 aliphatic carbocycles. The van der Waals surface area contributed by atoms with Gasteiger partial charge in [-0.25, -0.2) is 9.67 Å². The first kappa shape index (κ1) is 26.5. The van der Waals surface area contributed by atoms with Gasteiger partial charge in [-0.2, -0.15) is 0 Å². The van der Waals surface area contributed by atoms with Crippen LogP contribution in [0.4, 0.5) is 5.69 Å². The number of fused-ring (bicyclic) bond motifs is 2. The van der Waals surface area contributed by atoms with E-state index in [0.717, 1.165) is 21.8 Å². The highest BCUT2D eigenvalue weighted by atomic mass is 32.1. The molecule has 11 heteroatoms. The predicted octanol–water partition coefficient (Wildman–Crippen LogP) is 4.98. The molecule has 0 saturated heterocycles. The molecule has 1 N–H and O–H groups in total. The molecule has 10 nitrogen and oxygen atoms in total. The molecule has 1 unspecified atom stereocenters. The zero-order chi connectivity index (χ0) is 28.3. The lowest BCUT2D eigenvalue weighted by atomic mass is 10.0. The number of hydrogen-bond donors (Lipinski definition) is 1. The van der Waals surface area contributed by atoms with Crippen LogP contribution in [0.5, 0.6) is 11.5 Å². The Kier molecular flexibility index (Phi) is 7.34. The number of rotatable bonds is 9. The van der Waals surface area contributed by atoms with E-state index >= 15 is 0 Å². The van der Waals surface area contributed by atoms with Crippen LogP contribution in [-0.2, 0) is 22.7 Å². The van der Waals surface area contributed by atoms with Crippen molar-refractivity contribution in [3.8, 4) is 22.8 Å². The quantitative estimate of drug-likeness (QED) is 0.267. The average Bonchev–Trinajstić information content (AvgIpc) is 3.73. The summed E-state index contributed by atoms with van der Waals surface area (Å²) in [5.74, 6) is 0.408. The Hall–Kier alpha value is -4.77. The topological polar surface area (TPSA) is 111 Å². The van der Waals surface area contributed by atoms with Gasteiger partial charge in [-0.3, -0.25) is 9.59 Å². The van der Waals surface area contributed by atoms with E-state index in [1.165, 1.54) is 11.3 Å². The van der Waals surface area contributed by atoms with E-state index in [4.69, 9.17) is 14.5 Å². The first-order valence-electron chi connectivity index (χ1n) is 13.2. The second-order valence-corrected chi connectivity index (χ2v) is 10.9. The van der Waals surface area contributed by atoms with Gasteiger partial charge in [0.05, 0.1) is 17.8 Å². The molecular formula is C30H28N6O4S. The van der Waals surface area contributed by atoms with Crippen molar-refractivity contribution < 1.29 is 19.1 Å². The molecule has 5 aromatic rings. The van der Waals surface area contributed by atoms with E-state index in [2.05, 4.69) is 15.6 Å². The van der Waals surface area contributed by atoms with Gasteiger partial charge in [0.25, 0.3) is 0 Å². The second kappa shape index (κ2) is 11.4. The minimum Gasteiger partial charge on any atom is -0.454 e. The number of amides is 2. The highest BCUT2D eigenvalue weighted by Crippen LogP contribution is 2.34. The molecule has 6 rings (SSSR count). The summed E-state index contributed by atoms with van der Waals surface area (Å²) in [4.78, 5) is 34.2. The molecule has 0 spiro atoms. The predicted molar refractivity (Wildman–Crippen MR) is 155 cm³/mol. The van der Waals surface area contributed by atoms with Crippen molar-refractivity contribution in [1.82, 2.24) is 24.9 Å². The van der Waals surface area contributed by atoms with Gasteiger partial charge in [-0.15, -0.1) is 16.4 Å². The van der Waals surface area contributed by atoms with Gasteiger partial charge in [-0.05, 0) is 30.2 Å². The van der Waals surface area contributed by atoms with E-state index in [1.54, 1.807) is 27.8 Å². The van der Waals surface area contributed by atoms with Crippen LogP contribution >= 0.6 is 11.3 Å². The van der Waals surface area contributed by atoms with Gasteiger partial charge >= 0.3 is 0 Å². The number of benzene rings is 3. The van der Waals surface area contributed by atoms with Crippen LogP contribution in [0.3, 0.4) is 0 Å². The molecule has 3 heterocycles. The fourth-order valence-electron chi connectivity index (χ4n) is 4.86. The fraction of sp³-hybridized carbons (Fsp3) is 0.233. The number of anilines is 1. The van der Waals surface area contributed by atoms with Crippen molar-refractivity contribution in [3.05, 3.63) is 83.2 Å². The third-order valence-corrected chi connectivity index (χ3v) is 7.66. The SMILES string of the molecule is CC(C)C(C(=O)Nc1ccc2c(c1)OCO2)N(Cc1nc(-c2ccccc2)cs1)C(=O)Cn1nnc2ccccc21. The first-order valence-corrected chi connectivity index (χ1v) is 14.1. The summed E-state index contributed by atoms with van der Waals surface area (Å²) in [5.41, 5.74) is 3.81. The van der Waals surface area contributed by atoms with E-state index in [0.29, 0.717) is 22.7 Å². The Balaban J connectivity index is 1.30. The van der Waals surface area contributed by atoms with Crippen LogP contribution in [0.25, 0.3) is 22.3 Å². The van der Waals surface area contributed by atoms with Crippen molar-refractivity contribution in [2.45, 2.75) is 33.0 Å². The summed E-state index contributed by atoms with van der Waals surface area (Å²) in [7, 11) is 0. The monoisotopic (exact) mass is 568 g/mol. The lowest BCUT2D eigenvalue weighted by molar-refractivity contribution is -0.141. The lowest BCUT2D eigenvalue weighted by Gasteiger charge is -2.33. The third kappa shape index (κ3) is 5.62. The van der Waals surface area contributed by atoms with Crippen molar-refractivity contribution in [2.24, 2.45) is 5.92 Å². The van der Waals surface area contributed by atoms with Crippen LogP contribution in [0.15, 0.2) is 78.2 Å². The zero-order valence-electron chi connectivity index (χ0n) is 22.6. The Morgan fingerprint density at radius 1 is 1.02 bits per heavy atom. The summed E-state index contributed by atoms with van der Waals surface area (Å²) in [5, 5.41) is 14.0. The van der Waals surface area contributed by atoms with E-state index in [-0.39, 0.29) is 37.6 Å². The van der Waals surface area contributed by atoms with Crippen molar-refractivity contribution in [3.63, 3.8) is 0 Å². The van der Waals surface area contributed by atoms with Gasteiger partial charge < -0.3 is 19.7 Å². The van der Waals surface area contributed by atoms with E-state index in [9.17, 15) is 9.59 Å². The Bertz CT molecular complexity index is 1700. The molecule has 2 amide bonds. The number of carbonyl (C=O) groups excluding carboxylic acids is 2. The van der Waals surface area contributed by atoms with Crippen molar-refractivity contribution >= 4 is 39.9 Å². The molecule has 208 valence electrons. The standard InChI is InChI=1S/C30H28N6O4S/c1-19(2)29(30(38)31-21-12-13-25-26(14-21)40-18-39-25)35(15-27-32-23(17-41-27)20-8-4-3-5-9-20)28(37)16-36-24-11-7-6-10-22(24)33-34-36/h3-14,17,19,29H,15-16,18H2,1-2H3,(H,31,38). The summed E-state index contributed by atoms with van der Waals surface area (Å²) < 4.78 is 12.4. The lowest BCUT2D eigenvalue weighted by Crippen LogP contribution is -2.50. The number of nitrogens with zero attached hydrogens (tertiary/aromatic N) is 5. The normalized spacial score (nSPS) is 13.0. The molecule has 0 radical (unpaired) electrons. The molecule has 0 fully saturated rings. The number of nitrogens with one attached hydrogen (secondary N) is 1. The summed E-state index contributed by atoms with van der Waals surface area (Å²) in [6, 6.07) is 21.8. The first-order chi connectivity index (χ1) is 20.0. The third-order valence-electron chi connectivity index (χ3n) is 6.83. The Morgan fingerprint density at radius 3 is 2.63 bits per heavy atom. The summed E-state index contributed by atoms with van der Waals surface area (Å²) in [6.45, 7) is 4.08. The van der Waals surface area contributed by atoms with Crippen LogP contribution in [0.1, 0.15) is 18.9 Å². The van der Waals surface area contributed by atoms with Gasteiger partial charge in [0.2, 0.25) is 18.6 Å². The smallest absolute Gasteiger partial charge is 0.247 e. The highest BCUT2D eigenvalue weighted by Gasteiger charge is 2.34. The number of carbonyl (C=O) groups is 2. The maximum atomic E-state index is 14.0. The van der Waals surface area contributed by atoms with Gasteiger partial charge in [0.1, 0.15) is 23.1 Å². The molecule has 3 aromatic carbocycles. The fourth-order valence-corrected chi connectivity index (χ4v) is 5.66. The number of ether oxygens (including phenoxy) is 2. The van der Waals surface area contributed by atoms with Gasteiger partial charge in [-0.1, -0.05) is 61.5 Å². The number of aromatic nitrogens is 4. The molecule has 1 atom stereocenters. The number of thiazole rings is 1. The molecule has 2 aromatic heterocycles. The molecule has 1 aliphatic rings. The summed E-state index contributed by atoms with van der Waals surface area (Å²) >= 11 is 1.46. The Morgan fingerprint density at radius 2 is 1.80 bits per heavy atom. The van der Waals surface area contributed by atoms with Crippen LogP contribution in [0, 0.1) is 5.92 Å². The molecule has 0 saturated carbocycles. The van der Waals surface area contributed by atoms with Crippen LogP contribution in [0.2, 0.25) is 0 Å². The van der Waals surface area contributed by atoms with Gasteiger partial charge in [0, 0.05) is 22.7 Å². The molecule has 41 heavy (non-hydrogen) atoms. The largest absolute Gasteiger partial charge is 0.454 e. The average molecular weight is 569 g/mol. The molecule has 0 bridgehead atoms. The minimum absolute atomic E-state index is 0.0715.